The van der Waals surface area contributed by atoms with E-state index in [1.807, 2.05) is 6.07 Å². The Balaban J connectivity index is 1.61. The Morgan fingerprint density at radius 2 is 1.75 bits per heavy atom. The van der Waals surface area contributed by atoms with E-state index < -0.39 is 29.7 Å². The predicted octanol–water partition coefficient (Wildman–Crippen LogP) is -1.05. The van der Waals surface area contributed by atoms with Crippen molar-refractivity contribution in [2.75, 3.05) is 13.1 Å². The van der Waals surface area contributed by atoms with Gasteiger partial charge in [0.15, 0.2) is 0 Å². The molecule has 0 aromatic heterocycles. The van der Waals surface area contributed by atoms with E-state index in [0.29, 0.717) is 30.8 Å². The first-order valence-electron chi connectivity index (χ1n) is 9.42. The minimum atomic E-state index is -0.963. The molecule has 1 aromatic rings. The number of hydrogen-bond acceptors (Lipinski definition) is 7. The van der Waals surface area contributed by atoms with Crippen molar-refractivity contribution in [2.24, 2.45) is 11.5 Å². The number of fused-ring (bicyclic) bond motifs is 1. The van der Waals surface area contributed by atoms with Gasteiger partial charge in [-0.15, -0.1) is 0 Å². The van der Waals surface area contributed by atoms with E-state index in [4.69, 9.17) is 11.5 Å². The van der Waals surface area contributed by atoms with E-state index in [1.165, 1.54) is 0 Å². The summed E-state index contributed by atoms with van der Waals surface area (Å²) in [7, 11) is 0. The molecule has 9 nitrogen and oxygen atoms in total. The summed E-state index contributed by atoms with van der Waals surface area (Å²) in [6.07, 6.45) is 0.992. The van der Waals surface area contributed by atoms with Crippen molar-refractivity contribution in [3.63, 3.8) is 0 Å². The number of nitrogens with one attached hydrogen (secondary N) is 1. The molecule has 148 valence electrons. The average Bonchev–Trinajstić information content (AvgIpc) is 2.86. The molecule has 4 rings (SSSR count). The molecular weight excluding hydrogens is 362 g/mol. The first-order chi connectivity index (χ1) is 13.3. The lowest BCUT2D eigenvalue weighted by atomic mass is 9.99. The Hall–Kier alpha value is -2.62. The normalized spacial score (nSPS) is 28.5. The maximum absolute atomic E-state index is 13.1. The second-order valence-electron chi connectivity index (χ2n) is 7.74. The van der Waals surface area contributed by atoms with E-state index in [1.54, 1.807) is 12.1 Å². The highest BCUT2D eigenvalue weighted by atomic mass is 16.2. The average molecular weight is 385 g/mol. The minimum Gasteiger partial charge on any atom is -0.326 e. The fourth-order valence-corrected chi connectivity index (χ4v) is 4.36. The molecule has 0 radical (unpaired) electrons. The number of benzene rings is 1. The minimum absolute atomic E-state index is 0.0298. The van der Waals surface area contributed by atoms with Gasteiger partial charge in [0.2, 0.25) is 11.8 Å². The molecule has 2 fully saturated rings. The lowest BCUT2D eigenvalue weighted by molar-refractivity contribution is -0.136. The van der Waals surface area contributed by atoms with E-state index >= 15 is 0 Å². The zero-order valence-electron chi connectivity index (χ0n) is 15.4. The standard InChI is InChI=1S/C19H23N5O4/c20-11-6-12(21)9-23(8-11)7-10-2-1-3-13-16(10)19(28)24(18(13)27)14-4-5-15(25)22-17(14)26/h1-3,11-12,14H,4-9,20-21H2,(H,22,25,26)/t11-,12-,14?/m0/s1. The van der Waals surface area contributed by atoms with Crippen molar-refractivity contribution in [3.8, 4) is 0 Å². The largest absolute Gasteiger partial charge is 0.326 e. The van der Waals surface area contributed by atoms with Crippen LogP contribution in [0, 0.1) is 0 Å². The van der Waals surface area contributed by atoms with Crippen molar-refractivity contribution < 1.29 is 19.2 Å². The highest BCUT2D eigenvalue weighted by Gasteiger charge is 2.45. The molecule has 5 N–H and O–H groups in total. The van der Waals surface area contributed by atoms with Crippen molar-refractivity contribution in [3.05, 3.63) is 34.9 Å². The number of carbonyl (C=O) groups is 4. The molecule has 9 heteroatoms. The Morgan fingerprint density at radius 3 is 2.43 bits per heavy atom. The molecule has 0 bridgehead atoms. The van der Waals surface area contributed by atoms with Crippen molar-refractivity contribution in [1.29, 1.82) is 0 Å². The summed E-state index contributed by atoms with van der Waals surface area (Å²) < 4.78 is 0. The van der Waals surface area contributed by atoms with Gasteiger partial charge < -0.3 is 11.5 Å². The summed E-state index contributed by atoms with van der Waals surface area (Å²) in [5, 5.41) is 2.20. The Morgan fingerprint density at radius 1 is 1.04 bits per heavy atom. The number of piperidine rings is 2. The first-order valence-corrected chi connectivity index (χ1v) is 9.42. The Kier molecular flexibility index (Phi) is 4.74. The number of rotatable bonds is 3. The summed E-state index contributed by atoms with van der Waals surface area (Å²) in [5.74, 6) is -1.99. The fourth-order valence-electron chi connectivity index (χ4n) is 4.36. The second kappa shape index (κ2) is 7.08. The van der Waals surface area contributed by atoms with Gasteiger partial charge in [-0.05, 0) is 24.5 Å². The molecule has 0 aliphatic carbocycles. The van der Waals surface area contributed by atoms with Gasteiger partial charge in [-0.1, -0.05) is 12.1 Å². The van der Waals surface area contributed by atoms with Crippen LogP contribution in [0.25, 0.3) is 0 Å². The van der Waals surface area contributed by atoms with Crippen molar-refractivity contribution >= 4 is 23.6 Å². The number of amides is 4. The van der Waals surface area contributed by atoms with Gasteiger partial charge in [-0.2, -0.15) is 0 Å². The van der Waals surface area contributed by atoms with Crippen LogP contribution in [0.4, 0.5) is 0 Å². The zero-order chi connectivity index (χ0) is 20.0. The van der Waals surface area contributed by atoms with Crippen molar-refractivity contribution in [1.82, 2.24) is 15.1 Å². The number of likely N-dealkylation sites (tertiary alicyclic amines) is 1. The van der Waals surface area contributed by atoms with Gasteiger partial charge in [0, 0.05) is 38.1 Å². The van der Waals surface area contributed by atoms with E-state index in [9.17, 15) is 19.2 Å². The molecule has 3 aliphatic rings. The zero-order valence-corrected chi connectivity index (χ0v) is 15.4. The molecule has 3 aliphatic heterocycles. The molecule has 0 spiro atoms. The summed E-state index contributed by atoms with van der Waals surface area (Å²) in [6, 6.07) is 4.12. The van der Waals surface area contributed by atoms with Gasteiger partial charge in [0.25, 0.3) is 11.8 Å². The van der Waals surface area contributed by atoms with Gasteiger partial charge in [0.1, 0.15) is 6.04 Å². The molecule has 3 heterocycles. The van der Waals surface area contributed by atoms with E-state index in [2.05, 4.69) is 10.2 Å². The number of nitrogens with zero attached hydrogens (tertiary/aromatic N) is 2. The SMILES string of the molecule is N[C@H]1C[C@H](N)CN(Cc2cccc3c2C(=O)N(C2CCC(=O)NC2=O)C3=O)C1. The van der Waals surface area contributed by atoms with Crippen LogP contribution < -0.4 is 16.8 Å². The van der Waals surface area contributed by atoms with E-state index in [-0.39, 0.29) is 30.5 Å². The number of carbonyl (C=O) groups excluding carboxylic acids is 4. The van der Waals surface area contributed by atoms with Crippen LogP contribution in [-0.4, -0.2) is 64.6 Å². The van der Waals surface area contributed by atoms with Gasteiger partial charge in [-0.25, -0.2) is 0 Å². The van der Waals surface area contributed by atoms with Crippen LogP contribution in [-0.2, 0) is 16.1 Å². The fraction of sp³-hybridized carbons (Fsp3) is 0.474. The van der Waals surface area contributed by atoms with Crippen LogP contribution in [0.15, 0.2) is 18.2 Å². The molecule has 4 amide bonds. The number of nitrogens with two attached hydrogens (primary N) is 2. The van der Waals surface area contributed by atoms with Crippen LogP contribution in [0.1, 0.15) is 45.5 Å². The summed E-state index contributed by atoms with van der Waals surface area (Å²) in [6.45, 7) is 1.78. The molecule has 28 heavy (non-hydrogen) atoms. The molecule has 1 unspecified atom stereocenters. The smallest absolute Gasteiger partial charge is 0.262 e. The first kappa shape index (κ1) is 18.7. The third-order valence-corrected chi connectivity index (χ3v) is 5.54. The quantitative estimate of drug-likeness (QED) is 0.564. The highest BCUT2D eigenvalue weighted by molar-refractivity contribution is 6.24. The summed E-state index contributed by atoms with van der Waals surface area (Å²) in [5.41, 5.74) is 13.4. The maximum Gasteiger partial charge on any atom is 0.262 e. The highest BCUT2D eigenvalue weighted by Crippen LogP contribution is 2.30. The van der Waals surface area contributed by atoms with Crippen LogP contribution in [0.5, 0.6) is 0 Å². The molecular formula is C19H23N5O4. The van der Waals surface area contributed by atoms with E-state index in [0.717, 1.165) is 11.3 Å². The Bertz CT molecular complexity index is 860. The van der Waals surface area contributed by atoms with Gasteiger partial charge in [0.05, 0.1) is 11.1 Å². The lowest BCUT2D eigenvalue weighted by Gasteiger charge is -2.34. The molecule has 2 saturated heterocycles. The van der Waals surface area contributed by atoms with Crippen LogP contribution in [0.2, 0.25) is 0 Å². The van der Waals surface area contributed by atoms with Crippen LogP contribution in [0.3, 0.4) is 0 Å². The molecule has 3 atom stereocenters. The predicted molar refractivity (Wildman–Crippen MR) is 99.0 cm³/mol. The Labute approximate surface area is 162 Å². The third-order valence-electron chi connectivity index (χ3n) is 5.54. The monoisotopic (exact) mass is 385 g/mol. The van der Waals surface area contributed by atoms with Gasteiger partial charge in [-0.3, -0.25) is 34.3 Å². The summed E-state index contributed by atoms with van der Waals surface area (Å²) in [4.78, 5) is 52.6. The topological polar surface area (TPSA) is 139 Å². The molecule has 1 aromatic carbocycles. The second-order valence-corrected chi connectivity index (χ2v) is 7.74. The van der Waals surface area contributed by atoms with Crippen LogP contribution >= 0.6 is 0 Å². The lowest BCUT2D eigenvalue weighted by Crippen LogP contribution is -2.54. The van der Waals surface area contributed by atoms with Crippen molar-refractivity contribution in [2.45, 2.75) is 43.9 Å². The number of imide groups is 2. The van der Waals surface area contributed by atoms with Gasteiger partial charge >= 0.3 is 0 Å². The molecule has 0 saturated carbocycles. The maximum atomic E-state index is 13.1. The third kappa shape index (κ3) is 3.21. The number of hydrogen-bond donors (Lipinski definition) is 3. The summed E-state index contributed by atoms with van der Waals surface area (Å²) >= 11 is 0.